The Balaban J connectivity index is 1.89. The van der Waals surface area contributed by atoms with E-state index in [2.05, 4.69) is 26.1 Å². The maximum atomic E-state index is 5.32. The molecule has 0 aliphatic heterocycles. The second kappa shape index (κ2) is 4.91. The van der Waals surface area contributed by atoms with E-state index >= 15 is 0 Å². The molecule has 1 aromatic heterocycles. The maximum absolute atomic E-state index is 5.32. The van der Waals surface area contributed by atoms with E-state index in [1.807, 2.05) is 0 Å². The van der Waals surface area contributed by atoms with Gasteiger partial charge in [0, 0.05) is 22.4 Å². The van der Waals surface area contributed by atoms with Gasteiger partial charge in [0.25, 0.3) is 4.80 Å². The van der Waals surface area contributed by atoms with E-state index in [0.717, 1.165) is 18.2 Å². The summed E-state index contributed by atoms with van der Waals surface area (Å²) in [6.07, 6.45) is 9.10. The van der Waals surface area contributed by atoms with E-state index in [4.69, 9.17) is 4.42 Å². The summed E-state index contributed by atoms with van der Waals surface area (Å²) in [6.45, 7) is 0. The molecule has 0 spiro atoms. The zero-order valence-electron chi connectivity index (χ0n) is 8.21. The molecule has 0 unspecified atom stereocenters. The van der Waals surface area contributed by atoms with Crippen molar-refractivity contribution in [3.8, 4) is 0 Å². The van der Waals surface area contributed by atoms with Crippen LogP contribution in [-0.2, 0) is 6.42 Å². The highest BCUT2D eigenvalue weighted by Crippen LogP contribution is 2.25. The molecule has 1 aromatic rings. The lowest BCUT2D eigenvalue weighted by atomic mass is 9.97. The Hall–Kier alpha value is -0.380. The second-order valence-electron chi connectivity index (χ2n) is 4.01. The zero-order chi connectivity index (χ0) is 9.80. The molecule has 0 aromatic carbocycles. The van der Waals surface area contributed by atoms with Crippen LogP contribution in [0.25, 0.3) is 0 Å². The van der Waals surface area contributed by atoms with Crippen molar-refractivity contribution in [3.05, 3.63) is 10.7 Å². The van der Waals surface area contributed by atoms with Crippen molar-refractivity contribution in [1.82, 2.24) is 10.2 Å². The maximum Gasteiger partial charge on any atom is 0.284 e. The largest absolute Gasteiger partial charge is 0.416 e. The molecule has 0 bridgehead atoms. The van der Waals surface area contributed by atoms with Gasteiger partial charge in [0.1, 0.15) is 0 Å². The number of nitrogens with zero attached hydrogens (tertiary/aromatic N) is 2. The molecule has 1 aliphatic rings. The summed E-state index contributed by atoms with van der Waals surface area (Å²) in [4.78, 5) is 0.501. The smallest absolute Gasteiger partial charge is 0.284 e. The molecule has 0 radical (unpaired) electrons. The van der Waals surface area contributed by atoms with Crippen LogP contribution in [0.5, 0.6) is 0 Å². The van der Waals surface area contributed by atoms with Crippen LogP contribution in [0.1, 0.15) is 44.4 Å². The van der Waals surface area contributed by atoms with Gasteiger partial charge in [-0.3, -0.25) is 0 Å². The highest BCUT2D eigenvalue weighted by atomic mass is 79.9. The van der Waals surface area contributed by atoms with Crippen LogP contribution in [0.2, 0.25) is 0 Å². The highest BCUT2D eigenvalue weighted by Gasteiger charge is 2.15. The molecule has 1 aliphatic carbocycles. The van der Waals surface area contributed by atoms with Gasteiger partial charge in [-0.05, 0) is 18.8 Å². The molecular weight excluding hydrogens is 244 g/mol. The molecule has 0 atom stereocenters. The molecule has 14 heavy (non-hydrogen) atoms. The van der Waals surface area contributed by atoms with Crippen molar-refractivity contribution >= 4 is 15.9 Å². The molecule has 1 fully saturated rings. The van der Waals surface area contributed by atoms with Crippen molar-refractivity contribution in [2.45, 2.75) is 44.9 Å². The van der Waals surface area contributed by atoms with Crippen LogP contribution in [0.4, 0.5) is 0 Å². The molecule has 0 N–H and O–H groups in total. The normalized spacial score (nSPS) is 19.5. The SMILES string of the molecule is Brc1nnc(CC2CCCCCC2)o1. The monoisotopic (exact) mass is 258 g/mol. The van der Waals surface area contributed by atoms with E-state index in [1.165, 1.54) is 38.5 Å². The first kappa shape index (κ1) is 10.1. The minimum Gasteiger partial charge on any atom is -0.416 e. The summed E-state index contributed by atoms with van der Waals surface area (Å²) < 4.78 is 5.32. The molecule has 1 saturated carbocycles. The Morgan fingerprint density at radius 1 is 1.14 bits per heavy atom. The van der Waals surface area contributed by atoms with E-state index in [1.54, 1.807) is 0 Å². The fourth-order valence-corrected chi connectivity index (χ4v) is 2.40. The lowest BCUT2D eigenvalue weighted by molar-refractivity contribution is 0.387. The Labute approximate surface area is 92.4 Å². The fourth-order valence-electron chi connectivity index (χ4n) is 2.13. The Morgan fingerprint density at radius 3 is 2.43 bits per heavy atom. The van der Waals surface area contributed by atoms with Gasteiger partial charge in [0.15, 0.2) is 0 Å². The van der Waals surface area contributed by atoms with Gasteiger partial charge < -0.3 is 4.42 Å². The predicted octanol–water partition coefficient (Wildman–Crippen LogP) is 3.35. The van der Waals surface area contributed by atoms with Crippen molar-refractivity contribution < 1.29 is 4.42 Å². The molecule has 0 amide bonds. The van der Waals surface area contributed by atoms with Crippen LogP contribution >= 0.6 is 15.9 Å². The summed E-state index contributed by atoms with van der Waals surface area (Å²) in [6, 6.07) is 0. The van der Waals surface area contributed by atoms with E-state index in [0.29, 0.717) is 4.80 Å². The molecule has 1 heterocycles. The van der Waals surface area contributed by atoms with Gasteiger partial charge in [-0.1, -0.05) is 25.7 Å². The first-order valence-electron chi connectivity index (χ1n) is 5.32. The molecule has 78 valence electrons. The summed E-state index contributed by atoms with van der Waals surface area (Å²) in [7, 11) is 0. The fraction of sp³-hybridized carbons (Fsp3) is 0.800. The number of hydrogen-bond donors (Lipinski definition) is 0. The first-order chi connectivity index (χ1) is 6.84. The quantitative estimate of drug-likeness (QED) is 0.764. The van der Waals surface area contributed by atoms with Crippen LogP contribution in [0.3, 0.4) is 0 Å². The summed E-state index contributed by atoms with van der Waals surface area (Å²) in [5, 5.41) is 7.78. The van der Waals surface area contributed by atoms with Crippen LogP contribution < -0.4 is 0 Å². The van der Waals surface area contributed by atoms with Crippen LogP contribution in [-0.4, -0.2) is 10.2 Å². The van der Waals surface area contributed by atoms with Crippen molar-refractivity contribution in [3.63, 3.8) is 0 Å². The summed E-state index contributed by atoms with van der Waals surface area (Å²) >= 11 is 3.17. The van der Waals surface area contributed by atoms with Gasteiger partial charge in [-0.25, -0.2) is 0 Å². The molecule has 2 rings (SSSR count). The van der Waals surface area contributed by atoms with Gasteiger partial charge in [-0.15, -0.1) is 10.2 Å². The number of rotatable bonds is 2. The molecule has 4 heteroatoms. The predicted molar refractivity (Wildman–Crippen MR) is 56.9 cm³/mol. The second-order valence-corrected chi connectivity index (χ2v) is 4.69. The average molecular weight is 259 g/mol. The van der Waals surface area contributed by atoms with Gasteiger partial charge in [0.05, 0.1) is 0 Å². The lowest BCUT2D eigenvalue weighted by Crippen LogP contribution is -2.03. The topological polar surface area (TPSA) is 38.9 Å². The van der Waals surface area contributed by atoms with Gasteiger partial charge in [-0.2, -0.15) is 0 Å². The van der Waals surface area contributed by atoms with Gasteiger partial charge >= 0.3 is 0 Å². The lowest BCUT2D eigenvalue weighted by Gasteiger charge is -2.09. The van der Waals surface area contributed by atoms with Crippen LogP contribution in [0, 0.1) is 5.92 Å². The minimum absolute atomic E-state index is 0.501. The highest BCUT2D eigenvalue weighted by molar-refractivity contribution is 9.10. The number of halogens is 1. The molecule has 3 nitrogen and oxygen atoms in total. The zero-order valence-corrected chi connectivity index (χ0v) is 9.79. The first-order valence-corrected chi connectivity index (χ1v) is 6.12. The minimum atomic E-state index is 0.501. The van der Waals surface area contributed by atoms with E-state index < -0.39 is 0 Å². The third-order valence-electron chi connectivity index (χ3n) is 2.88. The van der Waals surface area contributed by atoms with Crippen LogP contribution in [0.15, 0.2) is 9.22 Å². The molecular formula is C10H15BrN2O. The Bertz CT molecular complexity index is 279. The average Bonchev–Trinajstić information content (AvgIpc) is 2.43. The van der Waals surface area contributed by atoms with E-state index in [-0.39, 0.29) is 0 Å². The Kier molecular flexibility index (Phi) is 3.56. The Morgan fingerprint density at radius 2 is 1.86 bits per heavy atom. The third-order valence-corrected chi connectivity index (χ3v) is 3.20. The number of hydrogen-bond acceptors (Lipinski definition) is 3. The standard InChI is InChI=1S/C10H15BrN2O/c11-10-13-12-9(14-10)7-8-5-3-1-2-4-6-8/h8H,1-7H2. The molecule has 0 saturated heterocycles. The third kappa shape index (κ3) is 2.80. The summed E-state index contributed by atoms with van der Waals surface area (Å²) in [5.74, 6) is 1.54. The van der Waals surface area contributed by atoms with Gasteiger partial charge in [0.2, 0.25) is 5.89 Å². The number of aromatic nitrogens is 2. The summed E-state index contributed by atoms with van der Waals surface area (Å²) in [5.41, 5.74) is 0. The van der Waals surface area contributed by atoms with E-state index in [9.17, 15) is 0 Å². The van der Waals surface area contributed by atoms with Crippen molar-refractivity contribution in [1.29, 1.82) is 0 Å². The van der Waals surface area contributed by atoms with Crippen molar-refractivity contribution in [2.24, 2.45) is 5.92 Å². The van der Waals surface area contributed by atoms with Crippen molar-refractivity contribution in [2.75, 3.05) is 0 Å².